The van der Waals surface area contributed by atoms with Crippen LogP contribution in [0.5, 0.6) is 5.75 Å². The van der Waals surface area contributed by atoms with Crippen LogP contribution in [0.4, 0.5) is 5.69 Å². The van der Waals surface area contributed by atoms with Crippen LogP contribution in [0.25, 0.3) is 16.9 Å². The van der Waals surface area contributed by atoms with Gasteiger partial charge in [-0.15, -0.1) is 11.8 Å². The normalized spacial score (nSPS) is 14.1. The summed E-state index contributed by atoms with van der Waals surface area (Å²) in [5.41, 5.74) is 9.49. The fourth-order valence-corrected chi connectivity index (χ4v) is 4.67. The number of nitrogens with zero attached hydrogens (tertiary/aromatic N) is 2. The van der Waals surface area contributed by atoms with Crippen LogP contribution in [0, 0.1) is 0 Å². The number of allylic oxidation sites excluding steroid dienone is 4. The Morgan fingerprint density at radius 1 is 1.14 bits per heavy atom. The smallest absolute Gasteiger partial charge is 0.269 e. The lowest BCUT2D eigenvalue weighted by molar-refractivity contribution is -0.112. The molecular weight excluding hydrogens is 484 g/mol. The number of carbonyl (C=O) groups is 2. The summed E-state index contributed by atoms with van der Waals surface area (Å²) in [5, 5.41) is 7.81. The lowest BCUT2D eigenvalue weighted by Crippen LogP contribution is -2.16. The molecule has 2 aliphatic rings. The molecule has 7 nitrogen and oxygen atoms in total. The number of ether oxygens (including phenoxy) is 1. The van der Waals surface area contributed by atoms with Gasteiger partial charge < -0.3 is 15.8 Å². The van der Waals surface area contributed by atoms with Gasteiger partial charge in [-0.2, -0.15) is 5.10 Å². The number of nitrogens with one attached hydrogen (secondary N) is 1. The molecule has 2 heterocycles. The second-order valence-corrected chi connectivity index (χ2v) is 9.19. The van der Waals surface area contributed by atoms with Gasteiger partial charge in [0.15, 0.2) is 5.69 Å². The number of aromatic nitrogens is 2. The third-order valence-corrected chi connectivity index (χ3v) is 6.79. The molecule has 0 spiro atoms. The SMILES string of the molecule is CSc1ccc(-n2nc(C(N)=O)c3c2-c2cc(NC(=O)C4=C(Cl)C=CCC=C4)ccc2OC3)cc1. The highest BCUT2D eigenvalue weighted by molar-refractivity contribution is 7.98. The molecule has 1 aliphatic carbocycles. The highest BCUT2D eigenvalue weighted by Crippen LogP contribution is 2.41. The number of fused-ring (bicyclic) bond motifs is 3. The van der Waals surface area contributed by atoms with Crippen LogP contribution < -0.4 is 15.8 Å². The van der Waals surface area contributed by atoms with Crippen LogP contribution in [-0.2, 0) is 11.4 Å². The van der Waals surface area contributed by atoms with Crippen LogP contribution in [0.3, 0.4) is 0 Å². The molecule has 9 heteroatoms. The average molecular weight is 505 g/mol. The van der Waals surface area contributed by atoms with Gasteiger partial charge in [-0.1, -0.05) is 29.8 Å². The summed E-state index contributed by atoms with van der Waals surface area (Å²) >= 11 is 7.91. The molecule has 0 radical (unpaired) electrons. The maximum Gasteiger partial charge on any atom is 0.269 e. The molecule has 0 bridgehead atoms. The van der Waals surface area contributed by atoms with Gasteiger partial charge in [-0.05, 0) is 61.2 Å². The molecular formula is C26H21ClN4O3S. The zero-order valence-electron chi connectivity index (χ0n) is 18.7. The third kappa shape index (κ3) is 4.38. The summed E-state index contributed by atoms with van der Waals surface area (Å²) in [6.07, 6.45) is 9.90. The maximum atomic E-state index is 12.9. The molecule has 2 amide bonds. The Labute approximate surface area is 211 Å². The van der Waals surface area contributed by atoms with Gasteiger partial charge in [-0.25, -0.2) is 4.68 Å². The van der Waals surface area contributed by atoms with E-state index in [-0.39, 0.29) is 18.2 Å². The van der Waals surface area contributed by atoms with Gasteiger partial charge in [-0.3, -0.25) is 9.59 Å². The number of amides is 2. The summed E-state index contributed by atoms with van der Waals surface area (Å²) < 4.78 is 7.61. The molecule has 3 N–H and O–H groups in total. The number of halogens is 1. The third-order valence-electron chi connectivity index (χ3n) is 5.72. The summed E-state index contributed by atoms with van der Waals surface area (Å²) in [4.78, 5) is 26.2. The quantitative estimate of drug-likeness (QED) is 0.465. The first-order valence-corrected chi connectivity index (χ1v) is 12.4. The minimum absolute atomic E-state index is 0.154. The first kappa shape index (κ1) is 23.0. The Hall–Kier alpha value is -3.75. The maximum absolute atomic E-state index is 12.9. The molecule has 1 aromatic heterocycles. The highest BCUT2D eigenvalue weighted by Gasteiger charge is 2.29. The van der Waals surface area contributed by atoms with Crippen molar-refractivity contribution in [2.24, 2.45) is 5.73 Å². The van der Waals surface area contributed by atoms with Crippen molar-refractivity contribution in [1.82, 2.24) is 9.78 Å². The predicted molar refractivity (Wildman–Crippen MR) is 138 cm³/mol. The van der Waals surface area contributed by atoms with E-state index in [1.165, 1.54) is 0 Å². The molecule has 176 valence electrons. The fraction of sp³-hybridized carbons (Fsp3) is 0.115. The average Bonchev–Trinajstić information content (AvgIpc) is 3.13. The van der Waals surface area contributed by atoms with Crippen molar-refractivity contribution < 1.29 is 14.3 Å². The summed E-state index contributed by atoms with van der Waals surface area (Å²) in [5.74, 6) is -0.344. The number of hydrogen-bond acceptors (Lipinski definition) is 5. The molecule has 0 atom stereocenters. The van der Waals surface area contributed by atoms with Crippen molar-refractivity contribution in [1.29, 1.82) is 0 Å². The molecule has 0 fully saturated rings. The fourth-order valence-electron chi connectivity index (χ4n) is 4.03. The van der Waals surface area contributed by atoms with Crippen LogP contribution in [0.15, 0.2) is 82.3 Å². The second kappa shape index (κ2) is 9.48. The predicted octanol–water partition coefficient (Wildman–Crippen LogP) is 5.20. The van der Waals surface area contributed by atoms with Gasteiger partial charge in [0.25, 0.3) is 11.8 Å². The van der Waals surface area contributed by atoms with E-state index in [9.17, 15) is 9.59 Å². The number of nitrogens with two attached hydrogens (primary N) is 1. The molecule has 1 aliphatic heterocycles. The van der Waals surface area contributed by atoms with E-state index < -0.39 is 5.91 Å². The number of anilines is 1. The van der Waals surface area contributed by atoms with Crippen molar-refractivity contribution in [3.63, 3.8) is 0 Å². The number of hydrogen-bond donors (Lipinski definition) is 2. The summed E-state index contributed by atoms with van der Waals surface area (Å²) in [6, 6.07) is 13.2. The van der Waals surface area contributed by atoms with E-state index in [0.29, 0.717) is 45.3 Å². The van der Waals surface area contributed by atoms with Crippen LogP contribution >= 0.6 is 23.4 Å². The number of thioether (sulfide) groups is 1. The zero-order chi connectivity index (χ0) is 24.5. The Morgan fingerprint density at radius 3 is 2.66 bits per heavy atom. The van der Waals surface area contributed by atoms with Crippen LogP contribution in [-0.4, -0.2) is 27.9 Å². The molecule has 5 rings (SSSR count). The van der Waals surface area contributed by atoms with Gasteiger partial charge in [0.05, 0.1) is 22.0 Å². The van der Waals surface area contributed by atoms with E-state index in [1.54, 1.807) is 46.8 Å². The Bertz CT molecular complexity index is 1440. The number of primary amides is 1. The van der Waals surface area contributed by atoms with Crippen molar-refractivity contribution in [2.45, 2.75) is 17.9 Å². The summed E-state index contributed by atoms with van der Waals surface area (Å²) in [7, 11) is 0. The first-order chi connectivity index (χ1) is 17.0. The zero-order valence-corrected chi connectivity index (χ0v) is 20.3. The number of rotatable bonds is 5. The molecule has 2 aromatic carbocycles. The summed E-state index contributed by atoms with van der Waals surface area (Å²) in [6.45, 7) is 0.162. The van der Waals surface area contributed by atoms with Gasteiger partial charge in [0.1, 0.15) is 12.4 Å². The lowest BCUT2D eigenvalue weighted by Gasteiger charge is -2.21. The van der Waals surface area contributed by atoms with Crippen molar-refractivity contribution >= 4 is 40.9 Å². The topological polar surface area (TPSA) is 99.2 Å². The molecule has 35 heavy (non-hydrogen) atoms. The Kier molecular flexibility index (Phi) is 6.23. The largest absolute Gasteiger partial charge is 0.488 e. The lowest BCUT2D eigenvalue weighted by atomic mass is 10.0. The molecule has 0 saturated heterocycles. The second-order valence-electron chi connectivity index (χ2n) is 7.91. The van der Waals surface area contributed by atoms with Gasteiger partial charge >= 0.3 is 0 Å². The first-order valence-electron chi connectivity index (χ1n) is 10.8. The van der Waals surface area contributed by atoms with Gasteiger partial charge in [0.2, 0.25) is 0 Å². The van der Waals surface area contributed by atoms with Crippen molar-refractivity contribution in [3.05, 3.63) is 88.6 Å². The Morgan fingerprint density at radius 2 is 1.91 bits per heavy atom. The van der Waals surface area contributed by atoms with E-state index in [2.05, 4.69) is 10.4 Å². The number of carbonyl (C=O) groups excluding carboxylic acids is 2. The monoisotopic (exact) mass is 504 g/mol. The highest BCUT2D eigenvalue weighted by atomic mass is 35.5. The van der Waals surface area contributed by atoms with Crippen molar-refractivity contribution in [3.8, 4) is 22.7 Å². The molecule has 0 unspecified atom stereocenters. The van der Waals surface area contributed by atoms with Crippen molar-refractivity contribution in [2.75, 3.05) is 11.6 Å². The Balaban J connectivity index is 1.58. The minimum atomic E-state index is -0.632. The molecule has 0 saturated carbocycles. The van der Waals surface area contributed by atoms with E-state index in [0.717, 1.165) is 10.6 Å². The minimum Gasteiger partial charge on any atom is -0.488 e. The van der Waals surface area contributed by atoms with E-state index >= 15 is 0 Å². The number of benzene rings is 2. The van der Waals surface area contributed by atoms with Crippen LogP contribution in [0.2, 0.25) is 0 Å². The van der Waals surface area contributed by atoms with Gasteiger partial charge in [0, 0.05) is 21.7 Å². The molecule has 3 aromatic rings. The van der Waals surface area contributed by atoms with E-state index in [1.807, 2.05) is 42.7 Å². The van der Waals surface area contributed by atoms with E-state index in [4.69, 9.17) is 22.1 Å². The van der Waals surface area contributed by atoms with Crippen LogP contribution in [0.1, 0.15) is 22.5 Å². The standard InChI is InChI=1S/C26H21ClN4O3S/c1-35-17-10-8-16(9-11-17)31-24-19-13-15(29-26(33)18-5-3-2-4-6-21(18)27)7-12-22(19)34-14-20(24)23(30-31)25(28)32/h3-13H,2,14H2,1H3,(H2,28,32)(H,29,33).